The lowest BCUT2D eigenvalue weighted by atomic mass is 9.72. The number of aromatic nitrogens is 1. The number of amides is 1. The van der Waals surface area contributed by atoms with Crippen LogP contribution in [0.5, 0.6) is 5.75 Å². The summed E-state index contributed by atoms with van der Waals surface area (Å²) in [4.78, 5) is 15.8. The Hall–Kier alpha value is -3.31. The maximum Gasteiger partial charge on any atom is 0.262 e. The zero-order valence-electron chi connectivity index (χ0n) is 19.0. The van der Waals surface area contributed by atoms with Crippen molar-refractivity contribution in [2.75, 3.05) is 18.6 Å². The molecule has 2 aromatic carbocycles. The number of fused-ring (bicyclic) bond motifs is 1. The minimum absolute atomic E-state index is 0.00818. The summed E-state index contributed by atoms with van der Waals surface area (Å²) in [6, 6.07) is 15.8. The lowest BCUT2D eigenvalue weighted by Gasteiger charge is -2.32. The zero-order valence-corrected chi connectivity index (χ0v) is 19.0. The van der Waals surface area contributed by atoms with E-state index < -0.39 is 0 Å². The number of carbonyl (C=O) groups excluding carboxylic acids is 1. The standard InChI is InChI=1S/C28H30N2O3/c1-33-26-17-23(29-15-11-21(19-29)20-31)9-10-24(26)27(32)30-16-14-28(12-5-2-6-13-28)18-22-7-3-4-8-25(22)30/h3-5,7-12,15,17,19,31H,2,6,13-14,16,18,20H2,1H3. The molecular weight excluding hydrogens is 412 g/mol. The third kappa shape index (κ3) is 4.09. The lowest BCUT2D eigenvalue weighted by molar-refractivity contribution is 0.0982. The first-order chi connectivity index (χ1) is 16.1. The molecule has 1 spiro atoms. The molecule has 1 amide bonds. The zero-order chi connectivity index (χ0) is 22.8. The molecule has 1 aromatic heterocycles. The Bertz CT molecular complexity index is 1200. The van der Waals surface area contributed by atoms with Gasteiger partial charge in [-0.05, 0) is 72.9 Å². The molecule has 1 unspecified atom stereocenters. The van der Waals surface area contributed by atoms with Crippen LogP contribution in [0.2, 0.25) is 0 Å². The predicted octanol–water partition coefficient (Wildman–Crippen LogP) is 5.30. The smallest absolute Gasteiger partial charge is 0.262 e. The molecule has 0 saturated heterocycles. The van der Waals surface area contributed by atoms with Gasteiger partial charge in [0.05, 0.1) is 19.3 Å². The van der Waals surface area contributed by atoms with Gasteiger partial charge in [0.1, 0.15) is 5.75 Å². The second kappa shape index (κ2) is 8.91. The molecule has 0 radical (unpaired) electrons. The molecule has 170 valence electrons. The lowest BCUT2D eigenvalue weighted by Crippen LogP contribution is -2.33. The van der Waals surface area contributed by atoms with Crippen molar-refractivity contribution in [3.05, 3.63) is 89.8 Å². The summed E-state index contributed by atoms with van der Waals surface area (Å²) in [6.07, 6.45) is 13.9. The van der Waals surface area contributed by atoms with Gasteiger partial charge in [-0.15, -0.1) is 0 Å². The van der Waals surface area contributed by atoms with E-state index in [1.165, 1.54) is 18.4 Å². The van der Waals surface area contributed by atoms with E-state index in [1.54, 1.807) is 7.11 Å². The number of nitrogens with zero attached hydrogens (tertiary/aromatic N) is 2. The number of ether oxygens (including phenoxy) is 1. The minimum Gasteiger partial charge on any atom is -0.496 e. The fourth-order valence-electron chi connectivity index (χ4n) is 5.26. The Morgan fingerprint density at radius 3 is 2.79 bits per heavy atom. The summed E-state index contributed by atoms with van der Waals surface area (Å²) in [5.74, 6) is 0.511. The van der Waals surface area contributed by atoms with Crippen molar-refractivity contribution < 1.29 is 14.6 Å². The van der Waals surface area contributed by atoms with Crippen molar-refractivity contribution in [1.29, 1.82) is 0 Å². The van der Waals surface area contributed by atoms with Crippen LogP contribution in [0.25, 0.3) is 5.69 Å². The molecule has 5 nitrogen and oxygen atoms in total. The maximum absolute atomic E-state index is 13.9. The van der Waals surface area contributed by atoms with E-state index in [1.807, 2.05) is 52.2 Å². The summed E-state index contributed by atoms with van der Waals surface area (Å²) >= 11 is 0. The van der Waals surface area contributed by atoms with Gasteiger partial charge in [-0.1, -0.05) is 30.4 Å². The van der Waals surface area contributed by atoms with E-state index in [9.17, 15) is 9.90 Å². The molecular formula is C28H30N2O3. The second-order valence-electron chi connectivity index (χ2n) is 9.14. The molecule has 33 heavy (non-hydrogen) atoms. The first kappa shape index (κ1) is 21.5. The summed E-state index contributed by atoms with van der Waals surface area (Å²) in [5, 5.41) is 9.36. The Morgan fingerprint density at radius 2 is 2.03 bits per heavy atom. The number of allylic oxidation sites excluding steroid dienone is 2. The topological polar surface area (TPSA) is 54.7 Å². The molecule has 0 fully saturated rings. The molecule has 5 heteroatoms. The highest BCUT2D eigenvalue weighted by molar-refractivity contribution is 6.08. The van der Waals surface area contributed by atoms with Gasteiger partial charge in [-0.25, -0.2) is 0 Å². The molecule has 0 bridgehead atoms. The number of hydrogen-bond donors (Lipinski definition) is 1. The van der Waals surface area contributed by atoms with Crippen LogP contribution < -0.4 is 9.64 Å². The van der Waals surface area contributed by atoms with Gasteiger partial charge in [0.2, 0.25) is 0 Å². The summed E-state index contributed by atoms with van der Waals surface area (Å²) in [7, 11) is 1.60. The predicted molar refractivity (Wildman–Crippen MR) is 130 cm³/mol. The molecule has 1 aliphatic heterocycles. The Kier molecular flexibility index (Phi) is 5.81. The summed E-state index contributed by atoms with van der Waals surface area (Å²) < 4.78 is 7.58. The highest BCUT2D eigenvalue weighted by atomic mass is 16.5. The van der Waals surface area contributed by atoms with Crippen molar-refractivity contribution >= 4 is 11.6 Å². The van der Waals surface area contributed by atoms with Gasteiger partial charge in [-0.3, -0.25) is 4.79 Å². The summed E-state index contributed by atoms with van der Waals surface area (Å²) in [6.45, 7) is 0.675. The number of methoxy groups -OCH3 is 1. The first-order valence-corrected chi connectivity index (χ1v) is 11.7. The Labute approximate surface area is 194 Å². The average Bonchev–Trinajstić information content (AvgIpc) is 3.28. The normalized spacial score (nSPS) is 19.9. The number of para-hydroxylation sites is 1. The molecule has 1 atom stereocenters. The SMILES string of the molecule is COc1cc(-n2ccc(CO)c2)ccc1C(=O)N1CCC2(C=CCCC2)Cc2ccccc21. The van der Waals surface area contributed by atoms with E-state index in [0.717, 1.165) is 36.2 Å². The van der Waals surface area contributed by atoms with Crippen LogP contribution in [0.3, 0.4) is 0 Å². The third-order valence-electron chi connectivity index (χ3n) is 7.07. The molecule has 2 heterocycles. The molecule has 3 aromatic rings. The number of anilines is 1. The summed E-state index contributed by atoms with van der Waals surface area (Å²) in [5.41, 5.74) is 4.64. The van der Waals surface area contributed by atoms with E-state index in [-0.39, 0.29) is 17.9 Å². The third-order valence-corrected chi connectivity index (χ3v) is 7.07. The Morgan fingerprint density at radius 1 is 1.15 bits per heavy atom. The van der Waals surface area contributed by atoms with E-state index in [4.69, 9.17) is 4.74 Å². The van der Waals surface area contributed by atoms with Gasteiger partial charge in [0.25, 0.3) is 5.91 Å². The number of hydrogen-bond acceptors (Lipinski definition) is 3. The van der Waals surface area contributed by atoms with Gasteiger partial charge in [-0.2, -0.15) is 0 Å². The quantitative estimate of drug-likeness (QED) is 0.558. The van der Waals surface area contributed by atoms with Crippen LogP contribution in [-0.4, -0.2) is 29.2 Å². The van der Waals surface area contributed by atoms with Crippen LogP contribution in [0.1, 0.15) is 47.2 Å². The van der Waals surface area contributed by atoms with Crippen molar-refractivity contribution in [1.82, 2.24) is 4.57 Å². The average molecular weight is 443 g/mol. The van der Waals surface area contributed by atoms with Crippen LogP contribution in [0.15, 0.2) is 73.1 Å². The monoisotopic (exact) mass is 442 g/mol. The molecule has 1 N–H and O–H groups in total. The molecule has 5 rings (SSSR count). The number of carbonyl (C=O) groups is 1. The van der Waals surface area contributed by atoms with E-state index in [0.29, 0.717) is 17.9 Å². The van der Waals surface area contributed by atoms with Crippen molar-refractivity contribution in [3.8, 4) is 11.4 Å². The first-order valence-electron chi connectivity index (χ1n) is 11.7. The maximum atomic E-state index is 13.9. The van der Waals surface area contributed by atoms with Crippen LogP contribution in [-0.2, 0) is 13.0 Å². The van der Waals surface area contributed by atoms with Crippen LogP contribution in [0.4, 0.5) is 5.69 Å². The fraction of sp³-hybridized carbons (Fsp3) is 0.321. The number of aliphatic hydroxyl groups is 1. The minimum atomic E-state index is -0.0359. The number of rotatable bonds is 4. The van der Waals surface area contributed by atoms with Gasteiger partial charge in [0.15, 0.2) is 0 Å². The van der Waals surface area contributed by atoms with E-state index in [2.05, 4.69) is 30.4 Å². The molecule has 2 aliphatic rings. The van der Waals surface area contributed by atoms with Gasteiger partial charge in [0, 0.05) is 36.4 Å². The van der Waals surface area contributed by atoms with Crippen LogP contribution >= 0.6 is 0 Å². The highest BCUT2D eigenvalue weighted by Gasteiger charge is 2.35. The van der Waals surface area contributed by atoms with Crippen LogP contribution in [0, 0.1) is 5.41 Å². The van der Waals surface area contributed by atoms with Crippen molar-refractivity contribution in [3.63, 3.8) is 0 Å². The number of benzene rings is 2. The highest BCUT2D eigenvalue weighted by Crippen LogP contribution is 2.43. The van der Waals surface area contributed by atoms with Crippen molar-refractivity contribution in [2.24, 2.45) is 5.41 Å². The molecule has 1 aliphatic carbocycles. The number of aliphatic hydroxyl groups excluding tert-OH is 1. The van der Waals surface area contributed by atoms with Gasteiger partial charge >= 0.3 is 0 Å². The van der Waals surface area contributed by atoms with Gasteiger partial charge < -0.3 is 19.3 Å². The Balaban J connectivity index is 1.50. The molecule has 0 saturated carbocycles. The largest absolute Gasteiger partial charge is 0.496 e. The fourth-order valence-corrected chi connectivity index (χ4v) is 5.26. The van der Waals surface area contributed by atoms with Crippen molar-refractivity contribution in [2.45, 2.75) is 38.7 Å². The van der Waals surface area contributed by atoms with E-state index >= 15 is 0 Å². The second-order valence-corrected chi connectivity index (χ2v) is 9.14.